The van der Waals surface area contributed by atoms with E-state index in [0.717, 1.165) is 44.2 Å². The summed E-state index contributed by atoms with van der Waals surface area (Å²) in [5.74, 6) is 0.838. The van der Waals surface area contributed by atoms with Crippen LogP contribution in [0.25, 0.3) is 0 Å². The fourth-order valence-corrected chi connectivity index (χ4v) is 3.03. The van der Waals surface area contributed by atoms with Crippen molar-refractivity contribution < 1.29 is 9.53 Å². The third-order valence-corrected chi connectivity index (χ3v) is 4.52. The Balaban J connectivity index is 1.39. The van der Waals surface area contributed by atoms with Crippen LogP contribution in [0.2, 0.25) is 0 Å². The zero-order valence-electron chi connectivity index (χ0n) is 14.6. The highest BCUT2D eigenvalue weighted by molar-refractivity contribution is 5.90. The molecule has 25 heavy (non-hydrogen) atoms. The van der Waals surface area contributed by atoms with Gasteiger partial charge in [0.15, 0.2) is 0 Å². The van der Waals surface area contributed by atoms with E-state index < -0.39 is 0 Å². The van der Waals surface area contributed by atoms with E-state index in [1.807, 2.05) is 30.3 Å². The smallest absolute Gasteiger partial charge is 0.225 e. The largest absolute Gasteiger partial charge is 0.497 e. The van der Waals surface area contributed by atoms with E-state index in [9.17, 15) is 4.79 Å². The van der Waals surface area contributed by atoms with Crippen LogP contribution < -0.4 is 15.0 Å². The zero-order chi connectivity index (χ0) is 17.5. The molecule has 1 saturated heterocycles. The molecule has 0 saturated carbocycles. The Bertz CT molecular complexity index is 665. The SMILES string of the molecule is COc1ccc(NC(=O)CCN2CCN(c3ccccc3)CC2)cc1. The molecule has 0 spiro atoms. The van der Waals surface area contributed by atoms with E-state index in [1.165, 1.54) is 5.69 Å². The van der Waals surface area contributed by atoms with Crippen molar-refractivity contribution in [1.82, 2.24) is 4.90 Å². The average Bonchev–Trinajstić information content (AvgIpc) is 2.68. The molecule has 132 valence electrons. The second-order valence-electron chi connectivity index (χ2n) is 6.19. The molecular weight excluding hydrogens is 314 g/mol. The van der Waals surface area contributed by atoms with Crippen LogP contribution in [0.3, 0.4) is 0 Å². The number of benzene rings is 2. The van der Waals surface area contributed by atoms with E-state index in [2.05, 4.69) is 39.4 Å². The first kappa shape index (κ1) is 17.3. The van der Waals surface area contributed by atoms with Gasteiger partial charge in [0.1, 0.15) is 5.75 Å². The Hall–Kier alpha value is -2.53. The van der Waals surface area contributed by atoms with E-state index in [4.69, 9.17) is 4.74 Å². The lowest BCUT2D eigenvalue weighted by molar-refractivity contribution is -0.116. The summed E-state index contributed by atoms with van der Waals surface area (Å²) < 4.78 is 5.12. The second kappa shape index (κ2) is 8.53. The molecule has 1 aliphatic heterocycles. The van der Waals surface area contributed by atoms with E-state index >= 15 is 0 Å². The number of piperazine rings is 1. The summed E-state index contributed by atoms with van der Waals surface area (Å²) in [6.45, 7) is 4.79. The Labute approximate surface area is 149 Å². The van der Waals surface area contributed by atoms with E-state index in [-0.39, 0.29) is 5.91 Å². The number of methoxy groups -OCH3 is 1. The monoisotopic (exact) mass is 339 g/mol. The highest BCUT2D eigenvalue weighted by Crippen LogP contribution is 2.17. The fourth-order valence-electron chi connectivity index (χ4n) is 3.03. The van der Waals surface area contributed by atoms with Gasteiger partial charge in [0, 0.05) is 50.5 Å². The Kier molecular flexibility index (Phi) is 5.90. The number of rotatable bonds is 6. The third kappa shape index (κ3) is 4.97. The molecule has 2 aromatic carbocycles. The summed E-state index contributed by atoms with van der Waals surface area (Å²) in [7, 11) is 1.63. The maximum atomic E-state index is 12.1. The molecule has 1 amide bonds. The second-order valence-corrected chi connectivity index (χ2v) is 6.19. The minimum atomic E-state index is 0.0515. The maximum absolute atomic E-state index is 12.1. The van der Waals surface area contributed by atoms with Crippen LogP contribution in [0.15, 0.2) is 54.6 Å². The molecule has 0 atom stereocenters. The molecule has 3 rings (SSSR count). The number of para-hydroxylation sites is 1. The molecule has 0 radical (unpaired) electrons. The van der Waals surface area contributed by atoms with Gasteiger partial charge in [-0.25, -0.2) is 0 Å². The van der Waals surface area contributed by atoms with Crippen molar-refractivity contribution >= 4 is 17.3 Å². The van der Waals surface area contributed by atoms with Gasteiger partial charge >= 0.3 is 0 Å². The number of hydrogen-bond donors (Lipinski definition) is 1. The minimum Gasteiger partial charge on any atom is -0.497 e. The highest BCUT2D eigenvalue weighted by atomic mass is 16.5. The Morgan fingerprint density at radius 1 is 1.00 bits per heavy atom. The summed E-state index contributed by atoms with van der Waals surface area (Å²) in [6.07, 6.45) is 0.511. The van der Waals surface area contributed by atoms with Gasteiger partial charge < -0.3 is 15.0 Å². The molecule has 2 aromatic rings. The average molecular weight is 339 g/mol. The summed E-state index contributed by atoms with van der Waals surface area (Å²) >= 11 is 0. The Morgan fingerprint density at radius 2 is 1.68 bits per heavy atom. The maximum Gasteiger partial charge on any atom is 0.225 e. The van der Waals surface area contributed by atoms with Crippen LogP contribution in [0, 0.1) is 0 Å². The molecule has 1 fully saturated rings. The number of hydrogen-bond acceptors (Lipinski definition) is 4. The van der Waals surface area contributed by atoms with Gasteiger partial charge in [0.2, 0.25) is 5.91 Å². The predicted octanol–water partition coefficient (Wildman–Crippen LogP) is 2.85. The first-order valence-corrected chi connectivity index (χ1v) is 8.71. The minimum absolute atomic E-state index is 0.0515. The van der Waals surface area contributed by atoms with Gasteiger partial charge in [0.25, 0.3) is 0 Å². The topological polar surface area (TPSA) is 44.8 Å². The van der Waals surface area contributed by atoms with Crippen LogP contribution in [-0.4, -0.2) is 50.6 Å². The van der Waals surface area contributed by atoms with Gasteiger partial charge in [-0.3, -0.25) is 9.69 Å². The van der Waals surface area contributed by atoms with Crippen molar-refractivity contribution in [3.8, 4) is 5.75 Å². The van der Waals surface area contributed by atoms with E-state index in [0.29, 0.717) is 6.42 Å². The van der Waals surface area contributed by atoms with Gasteiger partial charge in [-0.15, -0.1) is 0 Å². The molecule has 0 aromatic heterocycles. The van der Waals surface area contributed by atoms with Crippen LogP contribution in [-0.2, 0) is 4.79 Å². The summed E-state index contributed by atoms with van der Waals surface area (Å²) in [5, 5.41) is 2.94. The number of amides is 1. The lowest BCUT2D eigenvalue weighted by atomic mass is 10.2. The highest BCUT2D eigenvalue weighted by Gasteiger charge is 2.17. The molecule has 5 heteroatoms. The van der Waals surface area contributed by atoms with Gasteiger partial charge in [-0.1, -0.05) is 18.2 Å². The summed E-state index contributed by atoms with van der Waals surface area (Å²) in [6, 6.07) is 17.9. The first-order valence-electron chi connectivity index (χ1n) is 8.71. The lowest BCUT2D eigenvalue weighted by Gasteiger charge is -2.36. The summed E-state index contributed by atoms with van der Waals surface area (Å²) in [4.78, 5) is 16.9. The van der Waals surface area contributed by atoms with Crippen LogP contribution in [0.4, 0.5) is 11.4 Å². The first-order chi connectivity index (χ1) is 12.2. The van der Waals surface area contributed by atoms with Gasteiger partial charge in [-0.05, 0) is 36.4 Å². The van der Waals surface area contributed by atoms with Crippen molar-refractivity contribution in [3.05, 3.63) is 54.6 Å². The van der Waals surface area contributed by atoms with Crippen molar-refractivity contribution in [2.75, 3.05) is 50.1 Å². The normalized spacial score (nSPS) is 15.0. The fraction of sp³-hybridized carbons (Fsp3) is 0.350. The standard InChI is InChI=1S/C20H25N3O2/c1-25-19-9-7-17(8-10-19)21-20(24)11-12-22-13-15-23(16-14-22)18-5-3-2-4-6-18/h2-10H,11-16H2,1H3,(H,21,24). The molecule has 1 aliphatic rings. The number of ether oxygens (including phenoxy) is 1. The number of nitrogens with one attached hydrogen (secondary N) is 1. The van der Waals surface area contributed by atoms with Crippen molar-refractivity contribution in [2.24, 2.45) is 0 Å². The van der Waals surface area contributed by atoms with E-state index in [1.54, 1.807) is 7.11 Å². The molecule has 5 nitrogen and oxygen atoms in total. The molecular formula is C20H25N3O2. The number of nitrogens with zero attached hydrogens (tertiary/aromatic N) is 2. The van der Waals surface area contributed by atoms with Gasteiger partial charge in [0.05, 0.1) is 7.11 Å². The quantitative estimate of drug-likeness (QED) is 0.879. The number of anilines is 2. The van der Waals surface area contributed by atoms with Crippen molar-refractivity contribution in [3.63, 3.8) is 0 Å². The zero-order valence-corrected chi connectivity index (χ0v) is 14.6. The van der Waals surface area contributed by atoms with Crippen LogP contribution in [0.5, 0.6) is 5.75 Å². The van der Waals surface area contributed by atoms with Crippen LogP contribution >= 0.6 is 0 Å². The number of carbonyl (C=O) groups excluding carboxylic acids is 1. The number of carbonyl (C=O) groups is 1. The molecule has 1 heterocycles. The van der Waals surface area contributed by atoms with Crippen molar-refractivity contribution in [1.29, 1.82) is 0 Å². The lowest BCUT2D eigenvalue weighted by Crippen LogP contribution is -2.47. The Morgan fingerprint density at radius 3 is 2.32 bits per heavy atom. The van der Waals surface area contributed by atoms with Crippen LogP contribution in [0.1, 0.15) is 6.42 Å². The predicted molar refractivity (Wildman–Crippen MR) is 101 cm³/mol. The molecule has 0 unspecified atom stereocenters. The third-order valence-electron chi connectivity index (χ3n) is 4.52. The summed E-state index contributed by atoms with van der Waals surface area (Å²) in [5.41, 5.74) is 2.08. The molecule has 0 bridgehead atoms. The van der Waals surface area contributed by atoms with Gasteiger partial charge in [-0.2, -0.15) is 0 Å². The molecule has 0 aliphatic carbocycles. The molecule has 1 N–H and O–H groups in total. The van der Waals surface area contributed by atoms with Crippen molar-refractivity contribution in [2.45, 2.75) is 6.42 Å².